The van der Waals surface area contributed by atoms with E-state index in [2.05, 4.69) is 28.4 Å². The average Bonchev–Trinajstić information content (AvgIpc) is 3.12. The third kappa shape index (κ3) is 2.13. The molecule has 6 aliphatic rings. The van der Waals surface area contributed by atoms with Crippen molar-refractivity contribution < 1.29 is 13.5 Å². The summed E-state index contributed by atoms with van der Waals surface area (Å²) in [6.45, 7) is 4.94. The summed E-state index contributed by atoms with van der Waals surface area (Å²) < 4.78 is 39.2. The lowest BCUT2D eigenvalue weighted by Crippen LogP contribution is -2.51. The summed E-state index contributed by atoms with van der Waals surface area (Å²) in [6.07, 6.45) is 2.68. The topological polar surface area (TPSA) is 80.2 Å². The van der Waals surface area contributed by atoms with Gasteiger partial charge in [-0.05, 0) is 47.4 Å². The molecule has 1 aromatic carbocycles. The number of nitrogen functional groups attached to an aromatic ring is 1. The predicted molar refractivity (Wildman–Crippen MR) is 130 cm³/mol. The molecule has 36 heavy (non-hydrogen) atoms. The van der Waals surface area contributed by atoms with Crippen molar-refractivity contribution in [3.05, 3.63) is 69.6 Å². The number of halogens is 2. The number of benzene rings is 1. The first-order chi connectivity index (χ1) is 17.2. The molecular weight excluding hydrogens is 458 g/mol. The van der Waals surface area contributed by atoms with E-state index in [1.54, 1.807) is 10.8 Å². The van der Waals surface area contributed by atoms with Crippen LogP contribution >= 0.6 is 0 Å². The monoisotopic (exact) mass is 477 g/mol. The van der Waals surface area contributed by atoms with Gasteiger partial charge in [-0.2, -0.15) is 5.10 Å². The van der Waals surface area contributed by atoms with Gasteiger partial charge in [-0.3, -0.25) is 0 Å². The van der Waals surface area contributed by atoms with Crippen molar-refractivity contribution in [1.29, 1.82) is 5.41 Å². The summed E-state index contributed by atoms with van der Waals surface area (Å²) in [5, 5.41) is 12.4. The summed E-state index contributed by atoms with van der Waals surface area (Å²) in [5.41, 5.74) is 8.62. The summed E-state index contributed by atoms with van der Waals surface area (Å²) in [4.78, 5) is 2.19. The van der Waals surface area contributed by atoms with E-state index in [0.717, 1.165) is 11.3 Å². The molecule has 8 rings (SSSR count). The largest absolute Gasteiger partial charge is 0.391 e. The number of ether oxygens (including phenoxy) is 1. The molecule has 3 N–H and O–H groups in total. The molecule has 3 aliphatic heterocycles. The maximum Gasteiger partial charge on any atom is 0.146 e. The standard InChI is InChI=1S/C26H19B2F2N5O/c1-2-17-21-19-13-7-25(21)14-6-15(29)12(22(30)20(14)25)3-4-16-18(23(13)31)24(32)35(33-16)10-5-11(34(17)8-10)9-36-26(19,27)28/h2,6,10-11,13,19,31H,1,5,7-9,32H2/b21-17+,31-23?/t10-,11+,13?,19?,25?/m0/s1. The van der Waals surface area contributed by atoms with Gasteiger partial charge in [-0.15, -0.1) is 0 Å². The van der Waals surface area contributed by atoms with Crippen molar-refractivity contribution in [2.45, 2.75) is 35.7 Å². The molecule has 2 fully saturated rings. The number of nitrogens with one attached hydrogen (secondary N) is 1. The maximum absolute atomic E-state index is 16.0. The molecule has 6 nitrogen and oxygen atoms in total. The highest BCUT2D eigenvalue weighted by Crippen LogP contribution is 2.70. The Balaban J connectivity index is 1.60. The smallest absolute Gasteiger partial charge is 0.146 e. The van der Waals surface area contributed by atoms with Crippen molar-refractivity contribution in [2.24, 2.45) is 11.8 Å². The molecule has 174 valence electrons. The minimum atomic E-state index is -1.66. The van der Waals surface area contributed by atoms with E-state index in [-0.39, 0.29) is 42.1 Å². The molecule has 1 saturated heterocycles. The Hall–Kier alpha value is -3.31. The molecule has 10 bridgehead atoms. The van der Waals surface area contributed by atoms with E-state index < -0.39 is 34.3 Å². The number of anilines is 1. The van der Waals surface area contributed by atoms with Crippen molar-refractivity contribution in [3.63, 3.8) is 0 Å². The molecule has 2 aromatic rings. The number of fused-ring (bicyclic) bond motifs is 4. The number of allylic oxidation sites excluding steroid dienone is 1. The summed E-state index contributed by atoms with van der Waals surface area (Å²) >= 11 is 0. The number of rotatable bonds is 1. The van der Waals surface area contributed by atoms with Gasteiger partial charge >= 0.3 is 0 Å². The van der Waals surface area contributed by atoms with Crippen LogP contribution in [-0.2, 0) is 10.2 Å². The van der Waals surface area contributed by atoms with Crippen molar-refractivity contribution in [2.75, 3.05) is 18.9 Å². The van der Waals surface area contributed by atoms with Crippen molar-refractivity contribution in [1.82, 2.24) is 14.7 Å². The molecule has 10 heteroatoms. The first-order valence-electron chi connectivity index (χ1n) is 12.1. The van der Waals surface area contributed by atoms with E-state index in [9.17, 15) is 5.41 Å². The first kappa shape index (κ1) is 20.8. The quantitative estimate of drug-likeness (QED) is 0.486. The molecule has 1 saturated carbocycles. The van der Waals surface area contributed by atoms with Crippen LogP contribution in [0.1, 0.15) is 46.8 Å². The second kappa shape index (κ2) is 6.15. The SMILES string of the molecule is [B]C1([B])OC[C@H]2C[C@H]3CN2/C(C=C)=C2\C1C1CC24c2cc(F)c(c(F)c24)C#Cc2nn3c(N)c2C1=N. The van der Waals surface area contributed by atoms with Crippen LogP contribution in [0.25, 0.3) is 0 Å². The zero-order valence-electron chi connectivity index (χ0n) is 19.2. The first-order valence-corrected chi connectivity index (χ1v) is 12.1. The number of hydrogen-bond donors (Lipinski definition) is 2. The van der Waals surface area contributed by atoms with E-state index >= 15 is 8.78 Å². The van der Waals surface area contributed by atoms with Gasteiger partial charge in [0.2, 0.25) is 0 Å². The Morgan fingerprint density at radius 2 is 2.11 bits per heavy atom. The second-order valence-electron chi connectivity index (χ2n) is 10.7. The van der Waals surface area contributed by atoms with Gasteiger partial charge in [0.1, 0.15) is 38.8 Å². The van der Waals surface area contributed by atoms with Crippen LogP contribution in [0.15, 0.2) is 30.0 Å². The van der Waals surface area contributed by atoms with E-state index in [1.807, 2.05) is 0 Å². The molecule has 5 atom stereocenters. The fraction of sp³-hybridized carbons (Fsp3) is 0.385. The Morgan fingerprint density at radius 1 is 1.31 bits per heavy atom. The van der Waals surface area contributed by atoms with Gasteiger partial charge in [-0.1, -0.05) is 12.5 Å². The van der Waals surface area contributed by atoms with Crippen molar-refractivity contribution >= 4 is 27.2 Å². The second-order valence-corrected chi connectivity index (χ2v) is 10.7. The molecule has 3 unspecified atom stereocenters. The van der Waals surface area contributed by atoms with Gasteiger partial charge in [0.15, 0.2) is 0 Å². The van der Waals surface area contributed by atoms with E-state index in [4.69, 9.17) is 26.2 Å². The highest BCUT2D eigenvalue weighted by atomic mass is 19.1. The molecule has 0 amide bonds. The Labute approximate surface area is 208 Å². The van der Waals surface area contributed by atoms with Crippen LogP contribution in [0.2, 0.25) is 0 Å². The lowest BCUT2D eigenvalue weighted by molar-refractivity contribution is 0.00733. The highest BCUT2D eigenvalue weighted by Gasteiger charge is 2.68. The van der Waals surface area contributed by atoms with Crippen LogP contribution in [0.4, 0.5) is 14.6 Å². The van der Waals surface area contributed by atoms with Crippen LogP contribution in [-0.4, -0.2) is 60.7 Å². The number of nitrogens with zero attached hydrogens (tertiary/aromatic N) is 3. The lowest BCUT2D eigenvalue weighted by atomic mass is 9.53. The zero-order chi connectivity index (χ0) is 24.9. The molecule has 4 heterocycles. The summed E-state index contributed by atoms with van der Waals surface area (Å²) in [7, 11) is 13.4. The van der Waals surface area contributed by atoms with Gasteiger partial charge in [0, 0.05) is 40.8 Å². The van der Waals surface area contributed by atoms with Gasteiger partial charge in [-0.25, -0.2) is 13.5 Å². The molecular formula is C26H19B2F2N5O. The van der Waals surface area contributed by atoms with Crippen LogP contribution in [0, 0.1) is 40.7 Å². The Bertz CT molecular complexity index is 1580. The predicted octanol–water partition coefficient (Wildman–Crippen LogP) is 1.85. The minimum Gasteiger partial charge on any atom is -0.391 e. The number of aromatic nitrogens is 2. The normalized spacial score (nSPS) is 35.4. The van der Waals surface area contributed by atoms with E-state index in [1.165, 1.54) is 6.07 Å². The van der Waals surface area contributed by atoms with Crippen molar-refractivity contribution in [3.8, 4) is 11.8 Å². The van der Waals surface area contributed by atoms with E-state index in [0.29, 0.717) is 35.5 Å². The Morgan fingerprint density at radius 3 is 2.89 bits per heavy atom. The maximum atomic E-state index is 16.0. The highest BCUT2D eigenvalue weighted by molar-refractivity contribution is 6.40. The van der Waals surface area contributed by atoms with Crippen LogP contribution in [0.5, 0.6) is 0 Å². The zero-order valence-corrected chi connectivity index (χ0v) is 19.2. The average molecular weight is 477 g/mol. The lowest BCUT2D eigenvalue weighted by Gasteiger charge is -2.44. The van der Waals surface area contributed by atoms with Crippen LogP contribution in [0.3, 0.4) is 0 Å². The molecule has 1 aromatic heterocycles. The molecule has 1 spiro atoms. The fourth-order valence-corrected chi connectivity index (χ4v) is 7.71. The molecule has 4 radical (unpaired) electrons. The Kier molecular flexibility index (Phi) is 3.56. The van der Waals surface area contributed by atoms with Gasteiger partial charge in [0.25, 0.3) is 0 Å². The molecule has 3 aliphatic carbocycles. The third-order valence-electron chi connectivity index (χ3n) is 9.16. The van der Waals surface area contributed by atoms with Crippen LogP contribution < -0.4 is 5.73 Å². The fourth-order valence-electron chi connectivity index (χ4n) is 7.71. The minimum absolute atomic E-state index is 0.108. The van der Waals surface area contributed by atoms with Gasteiger partial charge < -0.3 is 20.8 Å². The summed E-state index contributed by atoms with van der Waals surface area (Å²) in [6, 6.07) is 1.13. The summed E-state index contributed by atoms with van der Waals surface area (Å²) in [5.74, 6) is 3.10. The third-order valence-corrected chi connectivity index (χ3v) is 9.16. The van der Waals surface area contributed by atoms with Gasteiger partial charge in [0.05, 0.1) is 29.8 Å². The number of hydrogen-bond acceptors (Lipinski definition) is 5. The number of nitrogens with two attached hydrogens (primary N) is 1.